The van der Waals surface area contributed by atoms with Gasteiger partial charge in [-0.1, -0.05) is 0 Å². The van der Waals surface area contributed by atoms with E-state index < -0.39 is 0 Å². The molecule has 1 aromatic heterocycles. The Hall–Kier alpha value is -2.14. The van der Waals surface area contributed by atoms with Crippen molar-refractivity contribution in [1.82, 2.24) is 5.32 Å². The van der Waals surface area contributed by atoms with Gasteiger partial charge in [-0.15, -0.1) is 0 Å². The molecule has 114 valence electrons. The quantitative estimate of drug-likeness (QED) is 0.849. The van der Waals surface area contributed by atoms with E-state index in [9.17, 15) is 0 Å². The first kappa shape index (κ1) is 15.3. The highest BCUT2D eigenvalue weighted by Gasteiger charge is 2.13. The van der Waals surface area contributed by atoms with Crippen molar-refractivity contribution in [2.45, 2.75) is 19.5 Å². The third-order valence-electron chi connectivity index (χ3n) is 3.36. The molecule has 2 rings (SSSR count). The van der Waals surface area contributed by atoms with Gasteiger partial charge in [-0.3, -0.25) is 0 Å². The molecule has 0 saturated carbocycles. The summed E-state index contributed by atoms with van der Waals surface area (Å²) in [6.07, 6.45) is 1.67. The molecule has 5 heteroatoms. The number of hydrogen-bond donors (Lipinski definition) is 1. The SMILES string of the molecule is COc1cc(OC)c(OC)cc1CNC(C)c1ccco1. The fourth-order valence-electron chi connectivity index (χ4n) is 2.13. The predicted molar refractivity (Wildman–Crippen MR) is 80.1 cm³/mol. The number of rotatable bonds is 7. The Labute approximate surface area is 124 Å². The Morgan fingerprint density at radius 1 is 1.05 bits per heavy atom. The van der Waals surface area contributed by atoms with Gasteiger partial charge in [0, 0.05) is 18.2 Å². The normalized spacial score (nSPS) is 12.0. The lowest BCUT2D eigenvalue weighted by atomic mass is 10.1. The van der Waals surface area contributed by atoms with Crippen molar-refractivity contribution in [2.75, 3.05) is 21.3 Å². The smallest absolute Gasteiger partial charge is 0.164 e. The summed E-state index contributed by atoms with van der Waals surface area (Å²) < 4.78 is 21.4. The van der Waals surface area contributed by atoms with Gasteiger partial charge in [0.25, 0.3) is 0 Å². The number of ether oxygens (including phenoxy) is 3. The molecule has 5 nitrogen and oxygen atoms in total. The highest BCUT2D eigenvalue weighted by atomic mass is 16.5. The van der Waals surface area contributed by atoms with Crippen molar-refractivity contribution in [2.24, 2.45) is 0 Å². The van der Waals surface area contributed by atoms with Crippen molar-refractivity contribution in [1.29, 1.82) is 0 Å². The first-order chi connectivity index (χ1) is 10.2. The minimum absolute atomic E-state index is 0.109. The lowest BCUT2D eigenvalue weighted by molar-refractivity contribution is 0.346. The molecule has 1 unspecified atom stereocenters. The summed E-state index contributed by atoms with van der Waals surface area (Å²) in [6.45, 7) is 2.68. The van der Waals surface area contributed by atoms with Crippen LogP contribution in [0.3, 0.4) is 0 Å². The maximum Gasteiger partial charge on any atom is 0.164 e. The van der Waals surface area contributed by atoms with Crippen molar-refractivity contribution in [3.05, 3.63) is 41.9 Å². The van der Waals surface area contributed by atoms with E-state index in [0.717, 1.165) is 17.1 Å². The molecule has 0 spiro atoms. The molecular formula is C16H21NO4. The molecule has 0 saturated heterocycles. The first-order valence-corrected chi connectivity index (χ1v) is 6.75. The Morgan fingerprint density at radius 2 is 1.71 bits per heavy atom. The zero-order valence-electron chi connectivity index (χ0n) is 12.8. The Kier molecular flexibility index (Phi) is 5.11. The number of benzene rings is 1. The zero-order chi connectivity index (χ0) is 15.2. The molecular weight excluding hydrogens is 270 g/mol. The van der Waals surface area contributed by atoms with E-state index in [4.69, 9.17) is 18.6 Å². The molecule has 0 aliphatic heterocycles. The Bertz CT molecular complexity index is 566. The van der Waals surface area contributed by atoms with Crippen LogP contribution in [0.15, 0.2) is 34.9 Å². The number of hydrogen-bond acceptors (Lipinski definition) is 5. The molecule has 0 aliphatic rings. The molecule has 1 aromatic carbocycles. The molecule has 0 fully saturated rings. The fourth-order valence-corrected chi connectivity index (χ4v) is 2.13. The van der Waals surface area contributed by atoms with Crippen molar-refractivity contribution in [3.8, 4) is 17.2 Å². The first-order valence-electron chi connectivity index (χ1n) is 6.75. The van der Waals surface area contributed by atoms with Crippen LogP contribution in [0.25, 0.3) is 0 Å². The molecule has 1 atom stereocenters. The van der Waals surface area contributed by atoms with Gasteiger partial charge in [0.2, 0.25) is 0 Å². The monoisotopic (exact) mass is 291 g/mol. The summed E-state index contributed by atoms with van der Waals surface area (Å²) >= 11 is 0. The standard InChI is InChI=1S/C16H21NO4/c1-11(13-6-5-7-21-13)17-10-12-8-15(19-3)16(20-4)9-14(12)18-2/h5-9,11,17H,10H2,1-4H3. The summed E-state index contributed by atoms with van der Waals surface area (Å²) in [5.41, 5.74) is 0.994. The van der Waals surface area contributed by atoms with Crippen LogP contribution in [0.2, 0.25) is 0 Å². The zero-order valence-corrected chi connectivity index (χ0v) is 12.8. The van der Waals surface area contributed by atoms with E-state index >= 15 is 0 Å². The van der Waals surface area contributed by atoms with Crippen LogP contribution in [0.4, 0.5) is 0 Å². The van der Waals surface area contributed by atoms with Crippen LogP contribution in [0.5, 0.6) is 17.2 Å². The van der Waals surface area contributed by atoms with Crippen LogP contribution in [-0.2, 0) is 6.54 Å². The highest BCUT2D eigenvalue weighted by molar-refractivity contribution is 5.50. The van der Waals surface area contributed by atoms with Crippen LogP contribution in [-0.4, -0.2) is 21.3 Å². The second kappa shape index (κ2) is 7.04. The summed E-state index contributed by atoms with van der Waals surface area (Å²) in [4.78, 5) is 0. The van der Waals surface area contributed by atoms with Crippen LogP contribution < -0.4 is 19.5 Å². The summed E-state index contributed by atoms with van der Waals surface area (Å²) in [7, 11) is 4.86. The second-order valence-corrected chi connectivity index (χ2v) is 4.64. The van der Waals surface area contributed by atoms with E-state index in [1.54, 1.807) is 27.6 Å². The molecule has 1 N–H and O–H groups in total. The van der Waals surface area contributed by atoms with E-state index in [0.29, 0.717) is 18.0 Å². The van der Waals surface area contributed by atoms with Gasteiger partial charge in [-0.2, -0.15) is 0 Å². The summed E-state index contributed by atoms with van der Waals surface area (Å²) in [6, 6.07) is 7.68. The summed E-state index contributed by atoms with van der Waals surface area (Å²) in [5.74, 6) is 2.99. The lowest BCUT2D eigenvalue weighted by Crippen LogP contribution is -2.18. The predicted octanol–water partition coefficient (Wildman–Crippen LogP) is 3.16. The van der Waals surface area contributed by atoms with E-state index in [1.165, 1.54) is 0 Å². The van der Waals surface area contributed by atoms with E-state index in [-0.39, 0.29) is 6.04 Å². The van der Waals surface area contributed by atoms with Gasteiger partial charge >= 0.3 is 0 Å². The second-order valence-electron chi connectivity index (χ2n) is 4.64. The van der Waals surface area contributed by atoms with E-state index in [2.05, 4.69) is 5.32 Å². The molecule has 1 heterocycles. The van der Waals surface area contributed by atoms with Gasteiger partial charge in [0.1, 0.15) is 11.5 Å². The molecule has 0 radical (unpaired) electrons. The lowest BCUT2D eigenvalue weighted by Gasteiger charge is -2.16. The number of nitrogens with one attached hydrogen (secondary N) is 1. The largest absolute Gasteiger partial charge is 0.496 e. The average molecular weight is 291 g/mol. The van der Waals surface area contributed by atoms with Crippen molar-refractivity contribution in [3.63, 3.8) is 0 Å². The minimum Gasteiger partial charge on any atom is -0.496 e. The molecule has 0 bridgehead atoms. The third-order valence-corrected chi connectivity index (χ3v) is 3.36. The van der Waals surface area contributed by atoms with E-state index in [1.807, 2.05) is 31.2 Å². The van der Waals surface area contributed by atoms with Gasteiger partial charge in [-0.05, 0) is 25.1 Å². The van der Waals surface area contributed by atoms with Crippen molar-refractivity contribution >= 4 is 0 Å². The van der Waals surface area contributed by atoms with Gasteiger partial charge in [0.05, 0.1) is 33.6 Å². The van der Waals surface area contributed by atoms with Crippen molar-refractivity contribution < 1.29 is 18.6 Å². The molecule has 0 amide bonds. The summed E-state index contributed by atoms with van der Waals surface area (Å²) in [5, 5.41) is 3.39. The molecule has 21 heavy (non-hydrogen) atoms. The maximum absolute atomic E-state index is 5.41. The topological polar surface area (TPSA) is 52.9 Å². The molecule has 2 aromatic rings. The Balaban J connectivity index is 2.15. The van der Waals surface area contributed by atoms with Gasteiger partial charge in [-0.25, -0.2) is 0 Å². The maximum atomic E-state index is 5.41. The van der Waals surface area contributed by atoms with Crippen LogP contribution in [0, 0.1) is 0 Å². The minimum atomic E-state index is 0.109. The number of methoxy groups -OCH3 is 3. The highest BCUT2D eigenvalue weighted by Crippen LogP contribution is 2.34. The van der Waals surface area contributed by atoms with Gasteiger partial charge in [0.15, 0.2) is 11.5 Å². The number of furan rings is 1. The van der Waals surface area contributed by atoms with Crippen LogP contribution in [0.1, 0.15) is 24.3 Å². The van der Waals surface area contributed by atoms with Gasteiger partial charge < -0.3 is 23.9 Å². The third kappa shape index (κ3) is 3.49. The fraction of sp³-hybridized carbons (Fsp3) is 0.375. The van der Waals surface area contributed by atoms with Crippen LogP contribution >= 0.6 is 0 Å². The average Bonchev–Trinajstić information content (AvgIpc) is 3.06. The molecule has 0 aliphatic carbocycles. The Morgan fingerprint density at radius 3 is 2.29 bits per heavy atom.